The lowest BCUT2D eigenvalue weighted by Crippen LogP contribution is -2.26. The van der Waals surface area contributed by atoms with Crippen LogP contribution in [0.4, 0.5) is 0 Å². The van der Waals surface area contributed by atoms with Crippen molar-refractivity contribution < 1.29 is 5.21 Å². The minimum Gasteiger partial charge on any atom is -0.409 e. The molecule has 1 aliphatic carbocycles. The van der Waals surface area contributed by atoms with Crippen molar-refractivity contribution in [3.63, 3.8) is 0 Å². The molecule has 0 saturated heterocycles. The van der Waals surface area contributed by atoms with Crippen molar-refractivity contribution in [2.45, 2.75) is 31.8 Å². The maximum atomic E-state index is 8.84. The predicted octanol–water partition coefficient (Wildman–Crippen LogP) is 2.40. The second-order valence-electron chi connectivity index (χ2n) is 5.12. The van der Waals surface area contributed by atoms with Gasteiger partial charge in [0.25, 0.3) is 0 Å². The van der Waals surface area contributed by atoms with E-state index in [9.17, 15) is 0 Å². The molecule has 1 unspecified atom stereocenters. The molecule has 2 aromatic rings. The minimum absolute atomic E-state index is 0.0484. The monoisotopic (exact) mass is 302 g/mol. The summed E-state index contributed by atoms with van der Waals surface area (Å²) in [4.78, 5) is 5.68. The number of aromatic nitrogens is 1. The van der Waals surface area contributed by atoms with Crippen LogP contribution in [0, 0.1) is 0 Å². The lowest BCUT2D eigenvalue weighted by Gasteiger charge is -2.24. The average Bonchev–Trinajstić information content (AvgIpc) is 3.01. The number of nitrogens with zero attached hydrogens (tertiary/aromatic N) is 2. The Labute approximate surface area is 127 Å². The molecule has 21 heavy (non-hydrogen) atoms. The van der Waals surface area contributed by atoms with Gasteiger partial charge in [0.05, 0.1) is 0 Å². The second kappa shape index (κ2) is 6.24. The standard InChI is InChI=1S/C15H18N4OS/c16-15(19-20)14-10(3-2-7-17-14)9-18-12-4-1-5-13-11(12)6-8-21-13/h2-3,6-8,12,18,20H,1,4-5,9H2,(H2,16,19). The normalized spacial score (nSPS) is 18.5. The highest BCUT2D eigenvalue weighted by molar-refractivity contribution is 7.10. The molecule has 0 radical (unpaired) electrons. The van der Waals surface area contributed by atoms with Gasteiger partial charge in [-0.3, -0.25) is 4.98 Å². The number of nitrogens with two attached hydrogens (primary N) is 1. The van der Waals surface area contributed by atoms with E-state index in [4.69, 9.17) is 10.9 Å². The molecule has 6 heteroatoms. The highest BCUT2D eigenvalue weighted by atomic mass is 32.1. The summed E-state index contributed by atoms with van der Waals surface area (Å²) < 4.78 is 0. The molecular weight excluding hydrogens is 284 g/mol. The molecule has 0 amide bonds. The number of nitrogens with one attached hydrogen (secondary N) is 1. The van der Waals surface area contributed by atoms with Crippen LogP contribution >= 0.6 is 11.3 Å². The van der Waals surface area contributed by atoms with Crippen LogP contribution in [-0.2, 0) is 13.0 Å². The highest BCUT2D eigenvalue weighted by Crippen LogP contribution is 2.33. The van der Waals surface area contributed by atoms with Gasteiger partial charge in [-0.1, -0.05) is 11.2 Å². The predicted molar refractivity (Wildman–Crippen MR) is 83.6 cm³/mol. The number of hydrogen-bond acceptors (Lipinski definition) is 5. The molecule has 0 saturated carbocycles. The zero-order chi connectivity index (χ0) is 14.7. The molecule has 110 valence electrons. The van der Waals surface area contributed by atoms with E-state index in [0.717, 1.165) is 12.0 Å². The van der Waals surface area contributed by atoms with Gasteiger partial charge in [0, 0.05) is 23.7 Å². The van der Waals surface area contributed by atoms with E-state index in [1.54, 1.807) is 6.20 Å². The van der Waals surface area contributed by atoms with Gasteiger partial charge in [-0.15, -0.1) is 11.3 Å². The maximum Gasteiger partial charge on any atom is 0.189 e. The molecule has 0 spiro atoms. The van der Waals surface area contributed by atoms with Crippen LogP contribution in [0.2, 0.25) is 0 Å². The van der Waals surface area contributed by atoms with Crippen molar-refractivity contribution >= 4 is 17.2 Å². The Hall–Kier alpha value is -1.92. The first-order chi connectivity index (χ1) is 10.3. The van der Waals surface area contributed by atoms with Crippen molar-refractivity contribution in [2.75, 3.05) is 0 Å². The number of hydrogen-bond donors (Lipinski definition) is 3. The van der Waals surface area contributed by atoms with Crippen LogP contribution in [0.25, 0.3) is 0 Å². The molecule has 3 rings (SSSR count). The Kier molecular flexibility index (Phi) is 4.17. The lowest BCUT2D eigenvalue weighted by atomic mass is 9.94. The third-order valence-electron chi connectivity index (χ3n) is 3.83. The zero-order valence-electron chi connectivity index (χ0n) is 11.6. The smallest absolute Gasteiger partial charge is 0.189 e. The molecule has 1 atom stereocenters. The number of amidine groups is 1. The van der Waals surface area contributed by atoms with Crippen molar-refractivity contribution in [2.24, 2.45) is 10.9 Å². The Balaban J connectivity index is 1.75. The Morgan fingerprint density at radius 1 is 1.52 bits per heavy atom. The summed E-state index contributed by atoms with van der Waals surface area (Å²) in [6, 6.07) is 6.40. The fraction of sp³-hybridized carbons (Fsp3) is 0.333. The summed E-state index contributed by atoms with van der Waals surface area (Å²) >= 11 is 1.84. The Bertz CT molecular complexity index is 653. The van der Waals surface area contributed by atoms with Gasteiger partial charge < -0.3 is 16.3 Å². The topological polar surface area (TPSA) is 83.5 Å². The lowest BCUT2D eigenvalue weighted by molar-refractivity contribution is 0.318. The number of aryl methyl sites for hydroxylation is 1. The van der Waals surface area contributed by atoms with Crippen molar-refractivity contribution in [3.05, 3.63) is 51.5 Å². The summed E-state index contributed by atoms with van der Waals surface area (Å²) in [6.07, 6.45) is 5.19. The Morgan fingerprint density at radius 2 is 2.43 bits per heavy atom. The van der Waals surface area contributed by atoms with E-state index in [1.165, 1.54) is 23.3 Å². The second-order valence-corrected chi connectivity index (χ2v) is 6.12. The number of thiophene rings is 1. The van der Waals surface area contributed by atoms with Crippen LogP contribution in [0.1, 0.15) is 40.6 Å². The van der Waals surface area contributed by atoms with E-state index in [-0.39, 0.29) is 5.84 Å². The SMILES string of the molecule is NC(=NO)c1ncccc1CNC1CCCc2sccc21. The molecule has 2 aromatic heterocycles. The van der Waals surface area contributed by atoms with Crippen molar-refractivity contribution in [1.29, 1.82) is 0 Å². The number of oxime groups is 1. The largest absolute Gasteiger partial charge is 0.409 e. The van der Waals surface area contributed by atoms with E-state index in [0.29, 0.717) is 18.3 Å². The number of rotatable bonds is 4. The van der Waals surface area contributed by atoms with Gasteiger partial charge in [-0.25, -0.2) is 0 Å². The van der Waals surface area contributed by atoms with Crippen molar-refractivity contribution in [3.8, 4) is 0 Å². The quantitative estimate of drug-likeness (QED) is 0.350. The van der Waals surface area contributed by atoms with Crippen LogP contribution in [0.15, 0.2) is 34.9 Å². The van der Waals surface area contributed by atoms with Gasteiger partial charge in [-0.2, -0.15) is 0 Å². The minimum atomic E-state index is 0.0484. The third-order valence-corrected chi connectivity index (χ3v) is 4.83. The molecule has 5 nitrogen and oxygen atoms in total. The van der Waals surface area contributed by atoms with Gasteiger partial charge >= 0.3 is 0 Å². The Morgan fingerprint density at radius 3 is 3.29 bits per heavy atom. The van der Waals surface area contributed by atoms with E-state index >= 15 is 0 Å². The summed E-state index contributed by atoms with van der Waals surface area (Å²) in [5, 5.41) is 17.6. The van der Waals surface area contributed by atoms with Gasteiger partial charge in [0.1, 0.15) is 5.69 Å². The molecule has 0 aliphatic heterocycles. The van der Waals surface area contributed by atoms with Crippen LogP contribution in [0.5, 0.6) is 0 Å². The van der Waals surface area contributed by atoms with Gasteiger partial charge in [-0.05, 0) is 47.9 Å². The molecule has 0 fully saturated rings. The maximum absolute atomic E-state index is 8.84. The van der Waals surface area contributed by atoms with E-state index in [2.05, 4.69) is 26.9 Å². The van der Waals surface area contributed by atoms with Crippen molar-refractivity contribution in [1.82, 2.24) is 10.3 Å². The van der Waals surface area contributed by atoms with Crippen LogP contribution in [0.3, 0.4) is 0 Å². The summed E-state index contributed by atoms with van der Waals surface area (Å²) in [5.74, 6) is 0.0484. The fourth-order valence-corrected chi connectivity index (χ4v) is 3.78. The fourth-order valence-electron chi connectivity index (χ4n) is 2.79. The summed E-state index contributed by atoms with van der Waals surface area (Å²) in [6.45, 7) is 0.652. The first-order valence-corrected chi connectivity index (χ1v) is 7.89. The molecule has 4 N–H and O–H groups in total. The molecule has 1 aliphatic rings. The van der Waals surface area contributed by atoms with Gasteiger partial charge in [0.15, 0.2) is 5.84 Å². The molecule has 0 bridgehead atoms. The third kappa shape index (κ3) is 2.91. The molecule has 2 heterocycles. The van der Waals surface area contributed by atoms with Gasteiger partial charge in [0.2, 0.25) is 0 Å². The number of pyridine rings is 1. The van der Waals surface area contributed by atoms with E-state index in [1.807, 2.05) is 23.5 Å². The molecular formula is C15H18N4OS. The van der Waals surface area contributed by atoms with Crippen LogP contribution in [-0.4, -0.2) is 16.0 Å². The summed E-state index contributed by atoms with van der Waals surface area (Å²) in [7, 11) is 0. The zero-order valence-corrected chi connectivity index (χ0v) is 12.4. The van der Waals surface area contributed by atoms with E-state index < -0.39 is 0 Å². The number of fused-ring (bicyclic) bond motifs is 1. The average molecular weight is 302 g/mol. The molecule has 0 aromatic carbocycles. The first-order valence-electron chi connectivity index (χ1n) is 7.01. The first kappa shape index (κ1) is 14.0. The highest BCUT2D eigenvalue weighted by Gasteiger charge is 2.21. The summed E-state index contributed by atoms with van der Waals surface area (Å²) in [5.41, 5.74) is 8.57. The van der Waals surface area contributed by atoms with Crippen LogP contribution < -0.4 is 11.1 Å².